The van der Waals surface area contributed by atoms with Crippen LogP contribution in [0.15, 0.2) is 0 Å². The summed E-state index contributed by atoms with van der Waals surface area (Å²) >= 11 is -1.93. The van der Waals surface area contributed by atoms with Crippen LogP contribution in [-0.2, 0) is 28.9 Å². The summed E-state index contributed by atoms with van der Waals surface area (Å²) in [6.45, 7) is 0. The number of hydrogen-bond acceptors (Lipinski definition) is 7. The van der Waals surface area contributed by atoms with E-state index in [0.717, 1.165) is 0 Å². The molecule has 0 aliphatic carbocycles. The van der Waals surface area contributed by atoms with Crippen molar-refractivity contribution < 1.29 is 95.1 Å². The minimum Gasteiger partial charge on any atom is -0.577 e. The molecule has 0 N–H and O–H groups in total. The van der Waals surface area contributed by atoms with Crippen LogP contribution in [-0.4, -0.2) is 34.2 Å². The molecule has 0 heterocycles. The summed E-state index contributed by atoms with van der Waals surface area (Å²) in [6, 6.07) is 0. The number of sulfone groups is 2. The normalized spacial score (nSPS) is 14.1. The molecule has 24 heavy (non-hydrogen) atoms. The van der Waals surface area contributed by atoms with Crippen LogP contribution in [0.5, 0.6) is 0 Å². The zero-order valence-corrected chi connectivity index (χ0v) is 16.3. The summed E-state index contributed by atoms with van der Waals surface area (Å²) in [6.07, 6.45) is -5.76. The average Bonchev–Trinajstić information content (AvgIpc) is 2.18. The van der Waals surface area contributed by atoms with Gasteiger partial charge in [-0.05, 0) is 0 Å². The van der Waals surface area contributed by atoms with E-state index in [1.54, 1.807) is 0 Å². The third-order valence-electron chi connectivity index (χ3n) is 1.28. The van der Waals surface area contributed by atoms with E-state index in [1.807, 2.05) is 0 Å². The first-order valence-corrected chi connectivity index (χ1v) is 7.63. The molecule has 0 fully saturated rings. The standard InChI is InChI=1S/C4F9O6S3.Na.H2P/c5-2(6,7)18-19-20-1(21(14,15)3(8,9)10)22(16,17)4(11,12)13;;/h;;1H2/q-1;+1;-1. The van der Waals surface area contributed by atoms with Crippen molar-refractivity contribution in [2.75, 3.05) is 0 Å². The van der Waals surface area contributed by atoms with Gasteiger partial charge in [0.2, 0.25) is 0 Å². The van der Waals surface area contributed by atoms with Gasteiger partial charge in [-0.3, -0.25) is 16.8 Å². The molecule has 0 radical (unpaired) electrons. The Hall–Kier alpha value is 0.970. The zero-order valence-electron chi connectivity index (χ0n) is 10.7. The molecule has 0 atom stereocenters. The van der Waals surface area contributed by atoms with Gasteiger partial charge in [0.15, 0.2) is 0 Å². The van der Waals surface area contributed by atoms with E-state index in [9.17, 15) is 56.3 Å². The van der Waals surface area contributed by atoms with E-state index in [2.05, 4.69) is 9.22 Å². The molecule has 0 amide bonds. The maximum atomic E-state index is 12.1. The summed E-state index contributed by atoms with van der Waals surface area (Å²) in [5.74, 6) is 0. The number of alkyl halides is 9. The predicted octanol–water partition coefficient (Wildman–Crippen LogP) is -0.251. The number of hydrogen-bond donors (Lipinski definition) is 0. The second-order valence-electron chi connectivity index (χ2n) is 2.83. The third kappa shape index (κ3) is 7.69. The first-order chi connectivity index (χ1) is 9.34. The maximum absolute atomic E-state index is 12.1. The Morgan fingerprint density at radius 3 is 1.25 bits per heavy atom. The van der Waals surface area contributed by atoms with Crippen LogP contribution in [0.25, 0.3) is 0 Å². The minimum atomic E-state index is -7.20. The summed E-state index contributed by atoms with van der Waals surface area (Å²) in [5, 5.41) is 0. The zero-order chi connectivity index (χ0) is 18.2. The average molecular weight is 467 g/mol. The minimum absolute atomic E-state index is 0. The van der Waals surface area contributed by atoms with Gasteiger partial charge in [-0.25, -0.2) is 0 Å². The second kappa shape index (κ2) is 9.25. The molecule has 0 bridgehead atoms. The Balaban J connectivity index is -0.00000220. The Morgan fingerprint density at radius 1 is 0.750 bits per heavy atom. The summed E-state index contributed by atoms with van der Waals surface area (Å²) < 4.78 is 149. The molecule has 142 valence electrons. The molecule has 0 spiro atoms. The van der Waals surface area contributed by atoms with E-state index in [-0.39, 0.29) is 39.5 Å². The van der Waals surface area contributed by atoms with Crippen molar-refractivity contribution in [3.05, 3.63) is 3.91 Å². The fourth-order valence-electron chi connectivity index (χ4n) is 0.506. The van der Waals surface area contributed by atoms with Gasteiger partial charge in [0.05, 0.1) is 0 Å². The van der Waals surface area contributed by atoms with Crippen molar-refractivity contribution in [3.8, 4) is 0 Å². The summed E-state index contributed by atoms with van der Waals surface area (Å²) in [5.41, 5.74) is -13.1. The Morgan fingerprint density at radius 2 is 1.04 bits per heavy atom. The van der Waals surface area contributed by atoms with Gasteiger partial charge in [0, 0.05) is 3.91 Å². The van der Waals surface area contributed by atoms with Crippen molar-refractivity contribution in [2.24, 2.45) is 0 Å². The largest absolute Gasteiger partial charge is 1.00 e. The number of halogens is 9. The van der Waals surface area contributed by atoms with Crippen LogP contribution < -0.4 is 29.6 Å². The second-order valence-corrected chi connectivity index (χ2v) is 8.07. The molecular weight excluding hydrogens is 465 g/mol. The fourth-order valence-corrected chi connectivity index (χ4v) is 4.22. The molecule has 0 saturated carbocycles. The molecule has 0 aromatic carbocycles. The monoisotopic (exact) mass is 467 g/mol. The van der Waals surface area contributed by atoms with Crippen LogP contribution in [0.2, 0.25) is 0 Å². The van der Waals surface area contributed by atoms with Gasteiger partial charge in [-0.2, -0.15) is 30.7 Å². The fraction of sp³-hybridized carbons (Fsp3) is 0.750. The smallest absolute Gasteiger partial charge is 0.577 e. The molecule has 0 rings (SSSR count). The molecule has 0 aliphatic rings. The van der Waals surface area contributed by atoms with Gasteiger partial charge in [0.25, 0.3) is 0 Å². The first kappa shape index (κ1) is 29.7. The van der Waals surface area contributed by atoms with Gasteiger partial charge >= 0.3 is 46.9 Å². The third-order valence-corrected chi connectivity index (χ3v) is 6.69. The Kier molecular flexibility index (Phi) is 11.5. The van der Waals surface area contributed by atoms with Gasteiger partial charge in [-0.1, -0.05) is 0 Å². The quantitative estimate of drug-likeness (QED) is 0.105. The molecule has 6 nitrogen and oxygen atoms in total. The molecule has 0 unspecified atom stereocenters. The van der Waals surface area contributed by atoms with E-state index in [4.69, 9.17) is 0 Å². The van der Waals surface area contributed by atoms with Crippen molar-refractivity contribution in [2.45, 2.75) is 17.4 Å². The summed E-state index contributed by atoms with van der Waals surface area (Å²) in [7, 11) is -14.4. The summed E-state index contributed by atoms with van der Waals surface area (Å²) in [4.78, 5) is 2.25. The van der Waals surface area contributed by atoms with Crippen LogP contribution in [0.4, 0.5) is 39.5 Å². The Bertz CT molecular complexity index is 550. The van der Waals surface area contributed by atoms with Crippen LogP contribution >= 0.6 is 21.9 Å². The molecular formula is C4H2F9NaO6PS3-. The van der Waals surface area contributed by atoms with Crippen LogP contribution in [0, 0.1) is 3.91 Å². The van der Waals surface area contributed by atoms with Gasteiger partial charge in [0.1, 0.15) is 19.7 Å². The first-order valence-electron chi connectivity index (χ1n) is 3.93. The van der Waals surface area contributed by atoms with E-state index >= 15 is 0 Å². The van der Waals surface area contributed by atoms with Gasteiger partial charge in [-0.15, -0.1) is 30.1 Å². The Labute approximate surface area is 157 Å². The van der Waals surface area contributed by atoms with Crippen molar-refractivity contribution in [3.63, 3.8) is 0 Å². The van der Waals surface area contributed by atoms with Crippen molar-refractivity contribution >= 4 is 41.6 Å². The van der Waals surface area contributed by atoms with E-state index < -0.39 is 53.0 Å². The van der Waals surface area contributed by atoms with Crippen LogP contribution in [0.1, 0.15) is 0 Å². The topological polar surface area (TPSA) is 86.7 Å². The molecule has 0 aromatic heterocycles. The van der Waals surface area contributed by atoms with Gasteiger partial charge < -0.3 is 9.90 Å². The maximum Gasteiger partial charge on any atom is 1.00 e. The van der Waals surface area contributed by atoms with E-state index in [1.165, 1.54) is 0 Å². The SMILES string of the molecule is O=S(=O)([C-](SOOC(F)(F)F)S(=O)(=O)C(F)(F)F)C(F)(F)F.[Na+].[PH2-]. The predicted molar refractivity (Wildman–Crippen MR) is 58.7 cm³/mol. The van der Waals surface area contributed by atoms with Crippen LogP contribution in [0.3, 0.4) is 0 Å². The molecule has 0 saturated heterocycles. The van der Waals surface area contributed by atoms with Crippen molar-refractivity contribution in [1.82, 2.24) is 0 Å². The molecule has 0 aliphatic heterocycles. The molecule has 20 heteroatoms. The number of rotatable bonds is 5. The van der Waals surface area contributed by atoms with Crippen molar-refractivity contribution in [1.29, 1.82) is 0 Å². The van der Waals surface area contributed by atoms with E-state index in [0.29, 0.717) is 0 Å². The molecule has 0 aromatic rings.